The fourth-order valence-corrected chi connectivity index (χ4v) is 3.00. The molecule has 0 saturated carbocycles. The molecular weight excluding hydrogens is 401 g/mol. The lowest BCUT2D eigenvalue weighted by Gasteiger charge is -2.44. The molecule has 0 N–H and O–H groups in total. The van der Waals surface area contributed by atoms with Gasteiger partial charge in [-0.25, -0.2) is 19.7 Å². The van der Waals surface area contributed by atoms with E-state index in [0.29, 0.717) is 35.1 Å². The minimum atomic E-state index is -0.534. The fourth-order valence-electron chi connectivity index (χ4n) is 2.47. The Kier molecular flexibility index (Phi) is 5.07. The second-order valence-electron chi connectivity index (χ2n) is 7.09. The fraction of sp³-hybridized carbons (Fsp3) is 0.500. The lowest BCUT2D eigenvalue weighted by atomic mass is 10.1. The third-order valence-electron chi connectivity index (χ3n) is 3.90. The number of hydrogen-bond acceptors (Lipinski definition) is 6. The van der Waals surface area contributed by atoms with E-state index in [1.54, 1.807) is 18.0 Å². The molecule has 26 heavy (non-hydrogen) atoms. The van der Waals surface area contributed by atoms with E-state index in [1.807, 2.05) is 25.7 Å². The normalized spacial score (nSPS) is 15.1. The van der Waals surface area contributed by atoms with Crippen molar-refractivity contribution in [1.82, 2.24) is 19.9 Å². The Morgan fingerprint density at radius 3 is 2.46 bits per heavy atom. The van der Waals surface area contributed by atoms with E-state index in [9.17, 15) is 4.79 Å². The first-order chi connectivity index (χ1) is 12.0. The van der Waals surface area contributed by atoms with Crippen LogP contribution in [0.25, 0.3) is 11.2 Å². The van der Waals surface area contributed by atoms with Gasteiger partial charge in [0.1, 0.15) is 16.3 Å². The van der Waals surface area contributed by atoms with Crippen LogP contribution in [0.5, 0.6) is 0 Å². The van der Waals surface area contributed by atoms with Crippen LogP contribution in [0.2, 0.25) is 15.3 Å². The van der Waals surface area contributed by atoms with Gasteiger partial charge in [0.05, 0.1) is 11.1 Å². The monoisotopic (exact) mass is 417 g/mol. The summed E-state index contributed by atoms with van der Waals surface area (Å²) in [6, 6.07) is 1.57. The zero-order valence-electron chi connectivity index (χ0n) is 14.8. The molecule has 1 aliphatic heterocycles. The summed E-state index contributed by atoms with van der Waals surface area (Å²) in [5.74, 6) is 0.499. The number of fused-ring (bicyclic) bond motifs is 1. The van der Waals surface area contributed by atoms with Crippen LogP contribution in [0.1, 0.15) is 20.8 Å². The van der Waals surface area contributed by atoms with Gasteiger partial charge < -0.3 is 14.5 Å². The Morgan fingerprint density at radius 1 is 1.19 bits per heavy atom. The summed E-state index contributed by atoms with van der Waals surface area (Å²) < 4.78 is 5.38. The van der Waals surface area contributed by atoms with Crippen LogP contribution in [0.15, 0.2) is 6.07 Å². The van der Waals surface area contributed by atoms with Crippen molar-refractivity contribution in [2.75, 3.05) is 25.0 Å². The summed E-state index contributed by atoms with van der Waals surface area (Å²) in [4.78, 5) is 28.5. The van der Waals surface area contributed by atoms with Crippen LogP contribution in [0, 0.1) is 0 Å². The predicted octanol–water partition coefficient (Wildman–Crippen LogP) is 4.04. The molecule has 1 amide bonds. The molecule has 0 bridgehead atoms. The van der Waals surface area contributed by atoms with Gasteiger partial charge in [-0.2, -0.15) is 0 Å². The number of pyridine rings is 1. The Labute approximate surface area is 166 Å². The van der Waals surface area contributed by atoms with Gasteiger partial charge in [-0.3, -0.25) is 0 Å². The molecular formula is C16H18Cl3N5O2. The number of carbonyl (C=O) groups excluding carboxylic acids is 1. The molecule has 1 saturated heterocycles. The number of likely N-dealkylation sites (N-methyl/N-ethyl adjacent to an activating group) is 1. The first-order valence-corrected chi connectivity index (χ1v) is 9.08. The van der Waals surface area contributed by atoms with Crippen molar-refractivity contribution < 1.29 is 9.53 Å². The summed E-state index contributed by atoms with van der Waals surface area (Å²) in [5, 5.41) is 0.698. The molecule has 0 spiro atoms. The molecule has 0 atom stereocenters. The highest BCUT2D eigenvalue weighted by molar-refractivity contribution is 6.41. The third-order valence-corrected chi connectivity index (χ3v) is 4.83. The number of ether oxygens (including phenoxy) is 1. The smallest absolute Gasteiger partial charge is 0.410 e. The summed E-state index contributed by atoms with van der Waals surface area (Å²) in [6.07, 6.45) is -0.360. The van der Waals surface area contributed by atoms with Gasteiger partial charge in [-0.1, -0.05) is 34.8 Å². The molecule has 140 valence electrons. The minimum Gasteiger partial charge on any atom is -0.444 e. The summed E-state index contributed by atoms with van der Waals surface area (Å²) in [6.45, 7) is 6.63. The van der Waals surface area contributed by atoms with Gasteiger partial charge >= 0.3 is 6.09 Å². The number of amides is 1. The van der Waals surface area contributed by atoms with Crippen LogP contribution in [-0.2, 0) is 4.74 Å². The van der Waals surface area contributed by atoms with E-state index < -0.39 is 5.60 Å². The number of hydrogen-bond donors (Lipinski definition) is 0. The number of anilines is 1. The van der Waals surface area contributed by atoms with Gasteiger partial charge in [-0.15, -0.1) is 0 Å². The van der Waals surface area contributed by atoms with Crippen molar-refractivity contribution >= 4 is 57.9 Å². The maximum absolute atomic E-state index is 12.1. The Balaban J connectivity index is 1.73. The van der Waals surface area contributed by atoms with Crippen molar-refractivity contribution in [3.63, 3.8) is 0 Å². The largest absolute Gasteiger partial charge is 0.444 e. The average Bonchev–Trinajstić information content (AvgIpc) is 2.46. The molecule has 0 aromatic carbocycles. The Hall–Kier alpha value is -1.57. The molecule has 10 heteroatoms. The number of halogens is 3. The standard InChI is InChI=1S/C16H18Cl3N5O2/c1-16(2,3)26-15(25)23(4)8-6-24(7-8)14-12(19)20-10-5-9(17)11(18)21-13(10)22-14/h5,8H,6-7H2,1-4H3. The van der Waals surface area contributed by atoms with E-state index in [-0.39, 0.29) is 22.4 Å². The number of rotatable bonds is 2. The topological polar surface area (TPSA) is 71.5 Å². The van der Waals surface area contributed by atoms with E-state index >= 15 is 0 Å². The van der Waals surface area contributed by atoms with Crippen molar-refractivity contribution in [2.24, 2.45) is 0 Å². The highest BCUT2D eigenvalue weighted by Crippen LogP contribution is 2.31. The zero-order chi connectivity index (χ0) is 19.2. The van der Waals surface area contributed by atoms with E-state index in [1.165, 1.54) is 0 Å². The van der Waals surface area contributed by atoms with Crippen LogP contribution in [0.3, 0.4) is 0 Å². The van der Waals surface area contributed by atoms with Crippen molar-refractivity contribution in [3.8, 4) is 0 Å². The highest BCUT2D eigenvalue weighted by atomic mass is 35.5. The molecule has 2 aromatic heterocycles. The zero-order valence-corrected chi connectivity index (χ0v) is 17.0. The minimum absolute atomic E-state index is 0.000165. The second kappa shape index (κ2) is 6.87. The van der Waals surface area contributed by atoms with Crippen molar-refractivity contribution in [3.05, 3.63) is 21.4 Å². The van der Waals surface area contributed by atoms with Gasteiger partial charge in [0, 0.05) is 20.1 Å². The quantitative estimate of drug-likeness (QED) is 0.685. The van der Waals surface area contributed by atoms with Crippen LogP contribution < -0.4 is 4.90 Å². The molecule has 1 aliphatic rings. The summed E-state index contributed by atoms with van der Waals surface area (Å²) >= 11 is 18.1. The van der Waals surface area contributed by atoms with Crippen LogP contribution in [-0.4, -0.2) is 57.7 Å². The molecule has 3 heterocycles. The molecule has 2 aromatic rings. The third kappa shape index (κ3) is 3.89. The number of carbonyl (C=O) groups is 1. The first kappa shape index (κ1) is 19.2. The molecule has 1 fully saturated rings. The first-order valence-electron chi connectivity index (χ1n) is 7.95. The van der Waals surface area contributed by atoms with E-state index in [4.69, 9.17) is 39.5 Å². The lowest BCUT2D eigenvalue weighted by Crippen LogP contribution is -2.60. The van der Waals surface area contributed by atoms with Crippen molar-refractivity contribution in [1.29, 1.82) is 0 Å². The predicted molar refractivity (Wildman–Crippen MR) is 102 cm³/mol. The van der Waals surface area contributed by atoms with E-state index in [0.717, 1.165) is 0 Å². The average molecular weight is 419 g/mol. The van der Waals surface area contributed by atoms with Crippen LogP contribution in [0.4, 0.5) is 10.6 Å². The maximum Gasteiger partial charge on any atom is 0.410 e. The highest BCUT2D eigenvalue weighted by Gasteiger charge is 2.36. The molecule has 3 rings (SSSR count). The maximum atomic E-state index is 12.1. The summed E-state index contributed by atoms with van der Waals surface area (Å²) in [5.41, 5.74) is 0.299. The number of aromatic nitrogens is 3. The van der Waals surface area contributed by atoms with Gasteiger partial charge in [0.25, 0.3) is 0 Å². The molecule has 7 nitrogen and oxygen atoms in total. The summed E-state index contributed by atoms with van der Waals surface area (Å²) in [7, 11) is 1.72. The van der Waals surface area contributed by atoms with Gasteiger partial charge in [-0.05, 0) is 26.8 Å². The van der Waals surface area contributed by atoms with Crippen LogP contribution >= 0.6 is 34.8 Å². The van der Waals surface area contributed by atoms with Gasteiger partial charge in [0.15, 0.2) is 16.6 Å². The second-order valence-corrected chi connectivity index (χ2v) is 8.22. The van der Waals surface area contributed by atoms with Crippen molar-refractivity contribution in [2.45, 2.75) is 32.4 Å². The van der Waals surface area contributed by atoms with E-state index in [2.05, 4.69) is 15.0 Å². The Morgan fingerprint density at radius 2 is 1.85 bits per heavy atom. The lowest BCUT2D eigenvalue weighted by molar-refractivity contribution is 0.0196. The molecule has 0 aliphatic carbocycles. The SMILES string of the molecule is CN(C(=O)OC(C)(C)C)C1CN(c2nc3nc(Cl)c(Cl)cc3nc2Cl)C1. The number of nitrogens with zero attached hydrogens (tertiary/aromatic N) is 5. The van der Waals surface area contributed by atoms with Gasteiger partial charge in [0.2, 0.25) is 0 Å². The Bertz CT molecular complexity index is 865. The molecule has 0 unspecified atom stereocenters. The molecule has 0 radical (unpaired) electrons.